The van der Waals surface area contributed by atoms with Crippen molar-refractivity contribution in [1.29, 1.82) is 0 Å². The third-order valence-electron chi connectivity index (χ3n) is 3.88. The van der Waals surface area contributed by atoms with Gasteiger partial charge in [0.15, 0.2) is 5.16 Å². The third kappa shape index (κ3) is 4.19. The Bertz CT molecular complexity index is 758. The number of nitrogens with one attached hydrogen (secondary N) is 2. The number of aryl methyl sites for hydroxylation is 1. The van der Waals surface area contributed by atoms with E-state index in [4.69, 9.17) is 0 Å². The average Bonchev–Trinajstić information content (AvgIpc) is 3.36. The topological polar surface area (TPSA) is 88.9 Å². The number of carbonyl (C=O) groups excluding carboxylic acids is 2. The molecule has 2 aromatic rings. The summed E-state index contributed by atoms with van der Waals surface area (Å²) in [4.78, 5) is 24.4. The van der Waals surface area contributed by atoms with Gasteiger partial charge in [0.2, 0.25) is 5.91 Å². The maximum atomic E-state index is 12.7. The summed E-state index contributed by atoms with van der Waals surface area (Å²) < 4.78 is 2.08. The fourth-order valence-corrected chi connectivity index (χ4v) is 3.72. The molecule has 0 bridgehead atoms. The minimum Gasteiger partial charge on any atom is -0.338 e. The van der Waals surface area contributed by atoms with Crippen molar-refractivity contribution < 1.29 is 9.59 Å². The highest BCUT2D eigenvalue weighted by atomic mass is 32.2. The van der Waals surface area contributed by atoms with E-state index in [0.717, 1.165) is 24.2 Å². The molecule has 0 spiro atoms. The van der Waals surface area contributed by atoms with Gasteiger partial charge in [0.25, 0.3) is 0 Å². The van der Waals surface area contributed by atoms with Crippen LogP contribution in [0, 0.1) is 6.92 Å². The number of hydrogen-bond acceptors (Lipinski definition) is 5. The second kappa shape index (κ2) is 7.69. The lowest BCUT2D eigenvalue weighted by atomic mass is 10.1. The highest BCUT2D eigenvalue weighted by Gasteiger charge is 2.32. The molecule has 1 aliphatic carbocycles. The molecule has 1 atom stereocenters. The van der Waals surface area contributed by atoms with Crippen molar-refractivity contribution in [2.24, 2.45) is 0 Å². The molecule has 8 heteroatoms. The molecule has 1 aromatic carbocycles. The molecular formula is C17H21N5O2S. The number of urea groups is 1. The summed E-state index contributed by atoms with van der Waals surface area (Å²) in [6.07, 6.45) is 2.21. The molecule has 0 unspecified atom stereocenters. The van der Waals surface area contributed by atoms with Crippen LogP contribution in [0.25, 0.3) is 0 Å². The van der Waals surface area contributed by atoms with Gasteiger partial charge in [0.1, 0.15) is 11.1 Å². The SMILES string of the molecule is CCNC(=O)NC(=O)[C@H](Sc1nnc(C)n1C1CC1)c1ccccc1. The molecule has 0 saturated heterocycles. The average molecular weight is 359 g/mol. The lowest BCUT2D eigenvalue weighted by Gasteiger charge is -2.16. The lowest BCUT2D eigenvalue weighted by Crippen LogP contribution is -2.41. The van der Waals surface area contributed by atoms with Crippen molar-refractivity contribution in [3.8, 4) is 0 Å². The van der Waals surface area contributed by atoms with E-state index in [9.17, 15) is 9.59 Å². The van der Waals surface area contributed by atoms with E-state index in [-0.39, 0.29) is 5.91 Å². The lowest BCUT2D eigenvalue weighted by molar-refractivity contribution is -0.119. The molecule has 1 saturated carbocycles. The summed E-state index contributed by atoms with van der Waals surface area (Å²) in [6, 6.07) is 9.32. The van der Waals surface area contributed by atoms with Crippen LogP contribution < -0.4 is 10.6 Å². The van der Waals surface area contributed by atoms with Gasteiger partial charge in [-0.25, -0.2) is 4.79 Å². The van der Waals surface area contributed by atoms with Crippen molar-refractivity contribution in [1.82, 2.24) is 25.4 Å². The van der Waals surface area contributed by atoms with E-state index in [1.807, 2.05) is 37.3 Å². The number of thioether (sulfide) groups is 1. The Balaban J connectivity index is 1.84. The summed E-state index contributed by atoms with van der Waals surface area (Å²) in [6.45, 7) is 4.17. The first-order chi connectivity index (χ1) is 12.1. The predicted molar refractivity (Wildman–Crippen MR) is 95.3 cm³/mol. The van der Waals surface area contributed by atoms with Gasteiger partial charge in [0.05, 0.1) is 0 Å². The number of nitrogens with zero attached hydrogens (tertiary/aromatic N) is 3. The first-order valence-electron chi connectivity index (χ1n) is 8.32. The zero-order valence-electron chi connectivity index (χ0n) is 14.2. The van der Waals surface area contributed by atoms with Gasteiger partial charge in [-0.15, -0.1) is 10.2 Å². The minimum absolute atomic E-state index is 0.370. The van der Waals surface area contributed by atoms with Crippen LogP contribution >= 0.6 is 11.8 Å². The number of aromatic nitrogens is 3. The Morgan fingerprint density at radius 3 is 2.64 bits per heavy atom. The minimum atomic E-state index is -0.579. The Morgan fingerprint density at radius 2 is 2.00 bits per heavy atom. The summed E-state index contributed by atoms with van der Waals surface area (Å²) in [5.74, 6) is 0.478. The highest BCUT2D eigenvalue weighted by Crippen LogP contribution is 2.42. The van der Waals surface area contributed by atoms with Gasteiger partial charge >= 0.3 is 6.03 Å². The smallest absolute Gasteiger partial charge is 0.321 e. The fourth-order valence-electron chi connectivity index (χ4n) is 2.57. The molecule has 7 nitrogen and oxygen atoms in total. The van der Waals surface area contributed by atoms with Crippen molar-refractivity contribution >= 4 is 23.7 Å². The van der Waals surface area contributed by atoms with E-state index in [1.54, 1.807) is 6.92 Å². The van der Waals surface area contributed by atoms with E-state index in [1.165, 1.54) is 11.8 Å². The van der Waals surface area contributed by atoms with E-state index in [2.05, 4.69) is 25.4 Å². The van der Waals surface area contributed by atoms with Crippen molar-refractivity contribution in [2.45, 2.75) is 43.1 Å². The Kier molecular flexibility index (Phi) is 5.37. The van der Waals surface area contributed by atoms with Crippen molar-refractivity contribution in [2.75, 3.05) is 6.54 Å². The number of carbonyl (C=O) groups is 2. The number of benzene rings is 1. The van der Waals surface area contributed by atoms with E-state index in [0.29, 0.717) is 17.7 Å². The number of hydrogen-bond donors (Lipinski definition) is 2. The zero-order valence-corrected chi connectivity index (χ0v) is 15.0. The molecular weight excluding hydrogens is 338 g/mol. The van der Waals surface area contributed by atoms with Gasteiger partial charge in [-0.05, 0) is 32.3 Å². The predicted octanol–water partition coefficient (Wildman–Crippen LogP) is 2.60. The van der Waals surface area contributed by atoms with Gasteiger partial charge in [-0.2, -0.15) is 0 Å². The summed E-state index contributed by atoms with van der Waals surface area (Å²) >= 11 is 1.32. The Hall–Kier alpha value is -2.35. The molecule has 1 aromatic heterocycles. The van der Waals surface area contributed by atoms with Crippen LogP contribution in [0.4, 0.5) is 4.79 Å². The van der Waals surface area contributed by atoms with Crippen LogP contribution in [-0.2, 0) is 4.79 Å². The molecule has 2 N–H and O–H groups in total. The molecule has 3 amide bonds. The molecule has 1 aliphatic rings. The number of imide groups is 1. The van der Waals surface area contributed by atoms with Gasteiger partial charge in [-0.1, -0.05) is 42.1 Å². The van der Waals surface area contributed by atoms with Crippen LogP contribution in [-0.4, -0.2) is 33.2 Å². The first kappa shape index (κ1) is 17.5. The van der Waals surface area contributed by atoms with Gasteiger partial charge in [-0.3, -0.25) is 10.1 Å². The van der Waals surface area contributed by atoms with Crippen LogP contribution in [0.3, 0.4) is 0 Å². The van der Waals surface area contributed by atoms with Gasteiger partial charge < -0.3 is 9.88 Å². The molecule has 0 aliphatic heterocycles. The third-order valence-corrected chi connectivity index (χ3v) is 5.10. The number of rotatable bonds is 6. The normalized spacial score (nSPS) is 14.8. The molecule has 0 radical (unpaired) electrons. The Morgan fingerprint density at radius 1 is 1.28 bits per heavy atom. The second-order valence-electron chi connectivity index (χ2n) is 5.89. The van der Waals surface area contributed by atoms with Crippen LogP contribution in [0.1, 0.15) is 42.4 Å². The maximum absolute atomic E-state index is 12.7. The zero-order chi connectivity index (χ0) is 17.8. The summed E-state index contributed by atoms with van der Waals surface area (Å²) in [5, 5.41) is 13.5. The van der Waals surface area contributed by atoms with Crippen molar-refractivity contribution in [3.05, 3.63) is 41.7 Å². The summed E-state index contributed by atoms with van der Waals surface area (Å²) in [5.41, 5.74) is 0.817. The quantitative estimate of drug-likeness (QED) is 0.774. The van der Waals surface area contributed by atoms with E-state index < -0.39 is 11.3 Å². The monoisotopic (exact) mass is 359 g/mol. The van der Waals surface area contributed by atoms with Gasteiger partial charge in [0, 0.05) is 12.6 Å². The molecule has 132 valence electrons. The molecule has 25 heavy (non-hydrogen) atoms. The van der Waals surface area contributed by atoms with Crippen LogP contribution in [0.15, 0.2) is 35.5 Å². The standard InChI is InChI=1S/C17H21N5O2S/c1-3-18-16(24)19-15(23)14(12-7-5-4-6-8-12)25-17-21-20-11(2)22(17)13-9-10-13/h4-8,13-14H,3,9-10H2,1-2H3,(H2,18,19,23,24)/t14-/m1/s1. The van der Waals surface area contributed by atoms with Crippen molar-refractivity contribution in [3.63, 3.8) is 0 Å². The molecule has 1 heterocycles. The fraction of sp³-hybridized carbons (Fsp3) is 0.412. The maximum Gasteiger partial charge on any atom is 0.321 e. The summed E-state index contributed by atoms with van der Waals surface area (Å²) in [7, 11) is 0. The second-order valence-corrected chi connectivity index (χ2v) is 6.96. The molecule has 1 fully saturated rings. The molecule has 3 rings (SSSR count). The largest absolute Gasteiger partial charge is 0.338 e. The first-order valence-corrected chi connectivity index (χ1v) is 9.20. The number of amides is 3. The van der Waals surface area contributed by atoms with E-state index >= 15 is 0 Å². The highest BCUT2D eigenvalue weighted by molar-refractivity contribution is 8.00. The van der Waals surface area contributed by atoms with Crippen LogP contribution in [0.2, 0.25) is 0 Å². The Labute approximate surface area is 150 Å². The van der Waals surface area contributed by atoms with Crippen LogP contribution in [0.5, 0.6) is 0 Å².